The van der Waals surface area contributed by atoms with Gasteiger partial charge in [-0.3, -0.25) is 13.9 Å². The number of nitrogens with zero attached hydrogens (tertiary/aromatic N) is 2. The monoisotopic (exact) mass is 643 g/mol. The molecule has 0 saturated carbocycles. The number of halogens is 4. The normalized spacial score (nSPS) is 12.1. The van der Waals surface area contributed by atoms with E-state index in [4.69, 9.17) is 46.4 Å². The van der Waals surface area contributed by atoms with Crippen LogP contribution in [0.2, 0.25) is 20.1 Å². The zero-order chi connectivity index (χ0) is 29.4. The lowest BCUT2D eigenvalue weighted by Gasteiger charge is -2.34. The fraction of sp³-hybridized carbons (Fsp3) is 0.286. The van der Waals surface area contributed by atoms with E-state index in [0.717, 1.165) is 16.1 Å². The first-order valence-electron chi connectivity index (χ1n) is 12.4. The second-order valence-electron chi connectivity index (χ2n) is 9.10. The van der Waals surface area contributed by atoms with E-state index in [9.17, 15) is 18.0 Å². The van der Waals surface area contributed by atoms with Crippen molar-refractivity contribution in [3.8, 4) is 0 Å². The highest BCUT2D eigenvalue weighted by atomic mass is 35.5. The third-order valence-corrected chi connectivity index (χ3v) is 8.58. The van der Waals surface area contributed by atoms with E-state index in [1.807, 2.05) is 37.3 Å². The Labute approximate surface area is 255 Å². The van der Waals surface area contributed by atoms with Gasteiger partial charge in [0, 0.05) is 29.6 Å². The van der Waals surface area contributed by atoms with Gasteiger partial charge in [-0.25, -0.2) is 8.42 Å². The molecule has 214 valence electrons. The minimum atomic E-state index is -3.99. The van der Waals surface area contributed by atoms with Gasteiger partial charge < -0.3 is 10.2 Å². The summed E-state index contributed by atoms with van der Waals surface area (Å²) in [4.78, 5) is 28.9. The molecule has 3 rings (SSSR count). The third kappa shape index (κ3) is 8.51. The Kier molecular flexibility index (Phi) is 11.5. The molecule has 0 aliphatic heterocycles. The van der Waals surface area contributed by atoms with Crippen molar-refractivity contribution in [3.63, 3.8) is 0 Å². The van der Waals surface area contributed by atoms with Crippen molar-refractivity contribution in [1.82, 2.24) is 10.2 Å². The molecule has 1 N–H and O–H groups in total. The van der Waals surface area contributed by atoms with E-state index in [1.165, 1.54) is 23.1 Å². The number of anilines is 1. The molecule has 0 aliphatic carbocycles. The maximum Gasteiger partial charge on any atom is 0.244 e. The van der Waals surface area contributed by atoms with Crippen LogP contribution in [0.3, 0.4) is 0 Å². The molecule has 3 aromatic rings. The average Bonchev–Trinajstić information content (AvgIpc) is 2.90. The van der Waals surface area contributed by atoms with Gasteiger partial charge in [-0.15, -0.1) is 0 Å². The van der Waals surface area contributed by atoms with Gasteiger partial charge in [-0.2, -0.15) is 0 Å². The van der Waals surface area contributed by atoms with Crippen molar-refractivity contribution < 1.29 is 18.0 Å². The molecule has 0 aliphatic rings. The van der Waals surface area contributed by atoms with Crippen LogP contribution in [0.4, 0.5) is 5.69 Å². The van der Waals surface area contributed by atoms with Crippen LogP contribution < -0.4 is 9.62 Å². The lowest BCUT2D eigenvalue weighted by atomic mass is 10.0. The summed E-state index contributed by atoms with van der Waals surface area (Å²) in [5.41, 5.74) is 1.40. The molecule has 2 amide bonds. The van der Waals surface area contributed by atoms with Gasteiger partial charge in [0.1, 0.15) is 12.6 Å². The lowest BCUT2D eigenvalue weighted by Crippen LogP contribution is -2.53. The van der Waals surface area contributed by atoms with E-state index < -0.39 is 28.5 Å². The third-order valence-electron chi connectivity index (χ3n) is 6.06. The van der Waals surface area contributed by atoms with Crippen LogP contribution in [0.25, 0.3) is 0 Å². The van der Waals surface area contributed by atoms with Crippen LogP contribution in [-0.2, 0) is 32.6 Å². The first kappa shape index (κ1) is 32.0. The summed E-state index contributed by atoms with van der Waals surface area (Å²) in [5, 5.41) is 3.70. The van der Waals surface area contributed by atoms with Crippen LogP contribution in [0, 0.1) is 0 Å². The highest BCUT2D eigenvalue weighted by Crippen LogP contribution is 2.34. The van der Waals surface area contributed by atoms with Crippen molar-refractivity contribution >= 4 is 73.9 Å². The molecule has 0 saturated heterocycles. The van der Waals surface area contributed by atoms with E-state index in [0.29, 0.717) is 28.6 Å². The van der Waals surface area contributed by atoms with E-state index >= 15 is 0 Å². The number of sulfonamides is 1. The van der Waals surface area contributed by atoms with Gasteiger partial charge in [-0.05, 0) is 41.8 Å². The van der Waals surface area contributed by atoms with Crippen LogP contribution in [0.15, 0.2) is 66.7 Å². The Morgan fingerprint density at radius 1 is 0.925 bits per heavy atom. The van der Waals surface area contributed by atoms with Gasteiger partial charge in [-0.1, -0.05) is 95.8 Å². The molecule has 0 radical (unpaired) electrons. The molecule has 12 heteroatoms. The van der Waals surface area contributed by atoms with Gasteiger partial charge in [0.15, 0.2) is 0 Å². The first-order valence-corrected chi connectivity index (χ1v) is 15.7. The highest BCUT2D eigenvalue weighted by molar-refractivity contribution is 7.92. The Morgan fingerprint density at radius 2 is 1.62 bits per heavy atom. The topological polar surface area (TPSA) is 86.8 Å². The smallest absolute Gasteiger partial charge is 0.244 e. The fourth-order valence-corrected chi connectivity index (χ4v) is 5.80. The summed E-state index contributed by atoms with van der Waals surface area (Å²) in [6, 6.07) is 17.6. The fourth-order valence-electron chi connectivity index (χ4n) is 4.03. The van der Waals surface area contributed by atoms with E-state index in [-0.39, 0.29) is 34.6 Å². The maximum atomic E-state index is 14.1. The summed E-state index contributed by atoms with van der Waals surface area (Å²) in [5.74, 6) is -1.02. The molecule has 0 spiro atoms. The van der Waals surface area contributed by atoms with Crippen molar-refractivity contribution in [1.29, 1.82) is 0 Å². The van der Waals surface area contributed by atoms with Crippen molar-refractivity contribution in [2.75, 3.05) is 23.7 Å². The van der Waals surface area contributed by atoms with Crippen molar-refractivity contribution in [2.45, 2.75) is 32.4 Å². The SMILES string of the molecule is CCCNC(=O)[C@@H](Cc1ccccc1)N(Cc1ccc(Cl)cc1Cl)C(=O)CN(c1cccc(Cl)c1Cl)S(C)(=O)=O. The minimum absolute atomic E-state index is 0.0174. The zero-order valence-corrected chi connectivity index (χ0v) is 25.8. The second-order valence-corrected chi connectivity index (χ2v) is 12.6. The number of benzene rings is 3. The van der Waals surface area contributed by atoms with Gasteiger partial charge in [0.05, 0.1) is 22.0 Å². The summed E-state index contributed by atoms with van der Waals surface area (Å²) in [6.07, 6.45) is 1.84. The number of amides is 2. The molecule has 1 atom stereocenters. The standard InChI is InChI=1S/C28H29Cl4N3O4S/c1-3-14-33-28(37)25(15-19-8-5-4-6-9-19)34(17-20-12-13-21(29)16-23(20)31)26(36)18-35(40(2,38)39)24-11-7-10-22(30)27(24)32/h4-13,16,25H,3,14-15,17-18H2,1-2H3,(H,33,37)/t25-/m1/s1. The van der Waals surface area contributed by atoms with Gasteiger partial charge in [0.2, 0.25) is 21.8 Å². The van der Waals surface area contributed by atoms with Crippen LogP contribution in [0.1, 0.15) is 24.5 Å². The van der Waals surface area contributed by atoms with Crippen LogP contribution >= 0.6 is 46.4 Å². The molecule has 7 nitrogen and oxygen atoms in total. The Balaban J connectivity index is 2.10. The molecule has 0 aromatic heterocycles. The Morgan fingerprint density at radius 3 is 2.25 bits per heavy atom. The van der Waals surface area contributed by atoms with Crippen LogP contribution in [0.5, 0.6) is 0 Å². The predicted octanol–water partition coefficient (Wildman–Crippen LogP) is 6.23. The summed E-state index contributed by atoms with van der Waals surface area (Å²) in [6.45, 7) is 1.62. The summed E-state index contributed by atoms with van der Waals surface area (Å²) in [7, 11) is -3.99. The van der Waals surface area contributed by atoms with Crippen LogP contribution in [-0.4, -0.2) is 50.5 Å². The molecule has 40 heavy (non-hydrogen) atoms. The second kappa shape index (κ2) is 14.4. The van der Waals surface area contributed by atoms with Gasteiger partial charge >= 0.3 is 0 Å². The summed E-state index contributed by atoms with van der Waals surface area (Å²) >= 11 is 25.0. The predicted molar refractivity (Wildman–Crippen MR) is 163 cm³/mol. The number of rotatable bonds is 12. The number of hydrogen-bond donors (Lipinski definition) is 1. The van der Waals surface area contributed by atoms with Crippen molar-refractivity contribution in [2.24, 2.45) is 0 Å². The Hall–Kier alpha value is -2.49. The molecule has 3 aromatic carbocycles. The lowest BCUT2D eigenvalue weighted by molar-refractivity contribution is -0.140. The molecule has 0 bridgehead atoms. The molecule has 0 fully saturated rings. The summed E-state index contributed by atoms with van der Waals surface area (Å²) < 4.78 is 26.6. The molecular formula is C28H29Cl4N3O4S. The largest absolute Gasteiger partial charge is 0.354 e. The average molecular weight is 645 g/mol. The Bertz CT molecular complexity index is 1460. The molecule has 0 heterocycles. The van der Waals surface area contributed by atoms with E-state index in [1.54, 1.807) is 18.2 Å². The van der Waals surface area contributed by atoms with Crippen molar-refractivity contribution in [3.05, 3.63) is 97.9 Å². The number of carbonyl (C=O) groups is 2. The minimum Gasteiger partial charge on any atom is -0.354 e. The number of carbonyl (C=O) groups excluding carboxylic acids is 2. The molecule has 0 unspecified atom stereocenters. The first-order chi connectivity index (χ1) is 18.9. The maximum absolute atomic E-state index is 14.1. The quantitative estimate of drug-likeness (QED) is 0.253. The number of hydrogen-bond acceptors (Lipinski definition) is 4. The highest BCUT2D eigenvalue weighted by Gasteiger charge is 2.34. The zero-order valence-electron chi connectivity index (χ0n) is 21.9. The number of nitrogens with one attached hydrogen (secondary N) is 1. The van der Waals surface area contributed by atoms with Gasteiger partial charge in [0.25, 0.3) is 0 Å². The van der Waals surface area contributed by atoms with E-state index in [2.05, 4.69) is 5.32 Å². The molecular weight excluding hydrogens is 616 g/mol.